The molecule has 0 amide bonds. The highest BCUT2D eigenvalue weighted by molar-refractivity contribution is 7.19. The van der Waals surface area contributed by atoms with Crippen molar-refractivity contribution in [3.05, 3.63) is 16.8 Å². The molecule has 0 bridgehead atoms. The maximum atomic E-state index is 4.61. The van der Waals surface area contributed by atoms with E-state index < -0.39 is 0 Å². The van der Waals surface area contributed by atoms with E-state index in [0.29, 0.717) is 11.5 Å². The summed E-state index contributed by atoms with van der Waals surface area (Å²) in [6, 6.07) is 0.533. The minimum absolute atomic E-state index is 0.385. The van der Waals surface area contributed by atoms with Gasteiger partial charge in [-0.25, -0.2) is 9.97 Å². The number of hydrogen-bond acceptors (Lipinski definition) is 5. The molecule has 1 fully saturated rings. The fourth-order valence-electron chi connectivity index (χ4n) is 4.12. The molecule has 0 spiro atoms. The van der Waals surface area contributed by atoms with E-state index in [1.54, 1.807) is 11.2 Å². The summed E-state index contributed by atoms with van der Waals surface area (Å²) < 4.78 is 0. The fraction of sp³-hybridized carbons (Fsp3) is 0.684. The molecule has 1 unspecified atom stereocenters. The molecule has 24 heavy (non-hydrogen) atoms. The van der Waals surface area contributed by atoms with Crippen molar-refractivity contribution in [1.82, 2.24) is 15.3 Å². The molecule has 2 aliphatic rings. The molecule has 2 N–H and O–H groups in total. The van der Waals surface area contributed by atoms with Gasteiger partial charge in [0.2, 0.25) is 0 Å². The molecule has 130 valence electrons. The summed E-state index contributed by atoms with van der Waals surface area (Å²) in [5.41, 5.74) is 1.91. The highest BCUT2D eigenvalue weighted by Crippen LogP contribution is 2.44. The second-order valence-electron chi connectivity index (χ2n) is 8.38. The Labute approximate surface area is 148 Å². The van der Waals surface area contributed by atoms with E-state index in [1.165, 1.54) is 47.9 Å². The van der Waals surface area contributed by atoms with Crippen molar-refractivity contribution in [1.29, 1.82) is 0 Å². The molecule has 1 aliphatic carbocycles. The topological polar surface area (TPSA) is 49.8 Å². The number of hydrogen-bond donors (Lipinski definition) is 2. The van der Waals surface area contributed by atoms with Gasteiger partial charge in [0.25, 0.3) is 0 Å². The van der Waals surface area contributed by atoms with Gasteiger partial charge in [0.1, 0.15) is 17.0 Å². The van der Waals surface area contributed by atoms with Crippen LogP contribution >= 0.6 is 11.3 Å². The van der Waals surface area contributed by atoms with Crippen LogP contribution in [-0.4, -0.2) is 29.1 Å². The Balaban J connectivity index is 1.67. The first kappa shape index (κ1) is 16.3. The number of anilines is 1. The summed E-state index contributed by atoms with van der Waals surface area (Å²) in [5, 5.41) is 8.46. The predicted molar refractivity (Wildman–Crippen MR) is 102 cm³/mol. The third-order valence-corrected chi connectivity index (χ3v) is 6.91. The zero-order chi connectivity index (χ0) is 16.7. The average molecular weight is 345 g/mol. The minimum atomic E-state index is 0.385. The number of fused-ring (bicyclic) bond motifs is 3. The molecular weight excluding hydrogens is 316 g/mol. The number of rotatable bonds is 2. The van der Waals surface area contributed by atoms with Crippen molar-refractivity contribution in [2.24, 2.45) is 11.3 Å². The van der Waals surface area contributed by atoms with E-state index >= 15 is 0 Å². The van der Waals surface area contributed by atoms with Crippen LogP contribution < -0.4 is 10.6 Å². The van der Waals surface area contributed by atoms with Crippen LogP contribution in [0.1, 0.15) is 50.5 Å². The molecular formula is C19H28N4S. The van der Waals surface area contributed by atoms with E-state index in [1.807, 2.05) is 11.3 Å². The molecule has 0 saturated carbocycles. The van der Waals surface area contributed by atoms with Gasteiger partial charge < -0.3 is 10.6 Å². The molecule has 1 atom stereocenters. The second kappa shape index (κ2) is 6.26. The zero-order valence-electron chi connectivity index (χ0n) is 15.0. The van der Waals surface area contributed by atoms with E-state index in [0.717, 1.165) is 24.8 Å². The van der Waals surface area contributed by atoms with Crippen molar-refractivity contribution in [2.45, 2.75) is 58.9 Å². The van der Waals surface area contributed by atoms with Crippen molar-refractivity contribution in [3.63, 3.8) is 0 Å². The predicted octanol–water partition coefficient (Wildman–Crippen LogP) is 4.01. The SMILES string of the molecule is CC(C)(C)C1CCc2c(sc3ncnc(NC4CCNCC4)c23)C1. The smallest absolute Gasteiger partial charge is 0.138 e. The van der Waals surface area contributed by atoms with Gasteiger partial charge in [-0.2, -0.15) is 0 Å². The molecule has 4 nitrogen and oxygen atoms in total. The van der Waals surface area contributed by atoms with Crippen LogP contribution in [0.4, 0.5) is 5.82 Å². The van der Waals surface area contributed by atoms with E-state index in [4.69, 9.17) is 0 Å². The van der Waals surface area contributed by atoms with Crippen molar-refractivity contribution in [3.8, 4) is 0 Å². The monoisotopic (exact) mass is 344 g/mol. The van der Waals surface area contributed by atoms with Crippen molar-refractivity contribution < 1.29 is 0 Å². The van der Waals surface area contributed by atoms with Gasteiger partial charge in [-0.15, -0.1) is 11.3 Å². The molecule has 3 heterocycles. The normalized spacial score (nSPS) is 22.5. The van der Waals surface area contributed by atoms with Crippen LogP contribution in [0.5, 0.6) is 0 Å². The second-order valence-corrected chi connectivity index (χ2v) is 9.46. The van der Waals surface area contributed by atoms with Crippen LogP contribution in [0, 0.1) is 11.3 Å². The zero-order valence-corrected chi connectivity index (χ0v) is 15.8. The Morgan fingerprint density at radius 2 is 1.96 bits per heavy atom. The van der Waals surface area contributed by atoms with Gasteiger partial charge in [0.05, 0.1) is 5.39 Å². The van der Waals surface area contributed by atoms with Crippen LogP contribution in [0.25, 0.3) is 10.2 Å². The Hall–Kier alpha value is -1.20. The largest absolute Gasteiger partial charge is 0.367 e. The number of aromatic nitrogens is 2. The lowest BCUT2D eigenvalue weighted by Gasteiger charge is -2.33. The standard InChI is InChI=1S/C19H28N4S/c1-19(2,3)12-4-5-14-15(10-12)24-18-16(14)17(21-11-22-18)23-13-6-8-20-9-7-13/h11-13,20H,4-10H2,1-3H3,(H,21,22,23). The quantitative estimate of drug-likeness (QED) is 0.864. The lowest BCUT2D eigenvalue weighted by Crippen LogP contribution is -2.35. The minimum Gasteiger partial charge on any atom is -0.367 e. The third kappa shape index (κ3) is 3.04. The molecule has 1 saturated heterocycles. The maximum absolute atomic E-state index is 4.61. The van der Waals surface area contributed by atoms with Gasteiger partial charge in [0.15, 0.2) is 0 Å². The number of nitrogens with one attached hydrogen (secondary N) is 2. The Morgan fingerprint density at radius 3 is 2.71 bits per heavy atom. The molecule has 1 aliphatic heterocycles. The Morgan fingerprint density at radius 1 is 1.17 bits per heavy atom. The summed E-state index contributed by atoms with van der Waals surface area (Å²) >= 11 is 1.89. The maximum Gasteiger partial charge on any atom is 0.138 e. The lowest BCUT2D eigenvalue weighted by molar-refractivity contribution is 0.218. The number of nitrogens with zero attached hydrogens (tertiary/aromatic N) is 2. The van der Waals surface area contributed by atoms with E-state index in [9.17, 15) is 0 Å². The van der Waals surface area contributed by atoms with Crippen LogP contribution in [0.15, 0.2) is 6.33 Å². The van der Waals surface area contributed by atoms with Crippen LogP contribution in [-0.2, 0) is 12.8 Å². The average Bonchev–Trinajstić information content (AvgIpc) is 2.93. The molecule has 0 aromatic carbocycles. The molecule has 0 radical (unpaired) electrons. The highest BCUT2D eigenvalue weighted by Gasteiger charge is 2.31. The van der Waals surface area contributed by atoms with Gasteiger partial charge in [0, 0.05) is 10.9 Å². The van der Waals surface area contributed by atoms with Gasteiger partial charge in [-0.3, -0.25) is 0 Å². The van der Waals surface area contributed by atoms with Crippen LogP contribution in [0.2, 0.25) is 0 Å². The van der Waals surface area contributed by atoms with E-state index in [2.05, 4.69) is 41.4 Å². The summed E-state index contributed by atoms with van der Waals surface area (Å²) in [6.45, 7) is 9.32. The molecule has 2 aromatic rings. The van der Waals surface area contributed by atoms with Gasteiger partial charge in [-0.05, 0) is 62.1 Å². The van der Waals surface area contributed by atoms with Gasteiger partial charge >= 0.3 is 0 Å². The van der Waals surface area contributed by atoms with Crippen molar-refractivity contribution in [2.75, 3.05) is 18.4 Å². The number of aryl methyl sites for hydroxylation is 1. The third-order valence-electron chi connectivity index (χ3n) is 5.75. The summed E-state index contributed by atoms with van der Waals surface area (Å²) in [4.78, 5) is 11.9. The van der Waals surface area contributed by atoms with Crippen molar-refractivity contribution >= 4 is 27.4 Å². The van der Waals surface area contributed by atoms with E-state index in [-0.39, 0.29) is 0 Å². The highest BCUT2D eigenvalue weighted by atomic mass is 32.1. The number of thiophene rings is 1. The van der Waals surface area contributed by atoms with Crippen LogP contribution in [0.3, 0.4) is 0 Å². The fourth-order valence-corrected chi connectivity index (χ4v) is 5.39. The first-order valence-electron chi connectivity index (χ1n) is 9.25. The first-order valence-corrected chi connectivity index (χ1v) is 10.1. The number of piperidine rings is 1. The lowest BCUT2D eigenvalue weighted by atomic mass is 9.72. The summed E-state index contributed by atoms with van der Waals surface area (Å²) in [5.74, 6) is 1.84. The Bertz CT molecular complexity index is 725. The van der Waals surface area contributed by atoms with Gasteiger partial charge in [-0.1, -0.05) is 20.8 Å². The summed E-state index contributed by atoms with van der Waals surface area (Å²) in [6.07, 6.45) is 7.73. The Kier molecular flexibility index (Phi) is 4.25. The summed E-state index contributed by atoms with van der Waals surface area (Å²) in [7, 11) is 0. The molecule has 2 aromatic heterocycles. The first-order chi connectivity index (χ1) is 11.5. The molecule has 4 rings (SSSR count). The molecule has 5 heteroatoms.